The molecule has 0 amide bonds. The Hall–Kier alpha value is -1.35. The Labute approximate surface area is 107 Å². The van der Waals surface area contributed by atoms with Crippen molar-refractivity contribution in [2.45, 2.75) is 45.1 Å². The van der Waals surface area contributed by atoms with Crippen molar-refractivity contribution in [1.29, 1.82) is 0 Å². The third kappa shape index (κ3) is 2.15. The summed E-state index contributed by atoms with van der Waals surface area (Å²) in [5, 5.41) is 0. The van der Waals surface area contributed by atoms with Crippen LogP contribution in [0.25, 0.3) is 11.1 Å². The van der Waals surface area contributed by atoms with Gasteiger partial charge in [0.1, 0.15) is 5.52 Å². The largest absolute Gasteiger partial charge is 0.439 e. The molecule has 2 N–H and O–H groups in total. The number of hydrogen-bond donors (Lipinski definition) is 1. The van der Waals surface area contributed by atoms with E-state index in [1.165, 1.54) is 37.7 Å². The molecule has 1 saturated carbocycles. The van der Waals surface area contributed by atoms with Crippen LogP contribution in [0.3, 0.4) is 0 Å². The van der Waals surface area contributed by atoms with Gasteiger partial charge in [-0.2, -0.15) is 0 Å². The summed E-state index contributed by atoms with van der Waals surface area (Å²) in [5.41, 5.74) is 9.28. The van der Waals surface area contributed by atoms with Gasteiger partial charge in [-0.15, -0.1) is 0 Å². The molecule has 96 valence electrons. The maximum Gasteiger partial charge on any atom is 0.212 e. The molecule has 18 heavy (non-hydrogen) atoms. The normalized spacial score (nSPS) is 19.2. The van der Waals surface area contributed by atoms with Crippen LogP contribution in [0.2, 0.25) is 0 Å². The minimum Gasteiger partial charge on any atom is -0.439 e. The van der Waals surface area contributed by atoms with Crippen LogP contribution in [-0.2, 0) is 0 Å². The van der Waals surface area contributed by atoms with Crippen molar-refractivity contribution >= 4 is 11.1 Å². The van der Waals surface area contributed by atoms with E-state index in [-0.39, 0.29) is 6.04 Å². The zero-order valence-electron chi connectivity index (χ0n) is 10.9. The average Bonchev–Trinajstić information content (AvgIpc) is 2.81. The van der Waals surface area contributed by atoms with E-state index in [1.807, 2.05) is 12.1 Å². The van der Waals surface area contributed by atoms with Gasteiger partial charge in [0, 0.05) is 0 Å². The van der Waals surface area contributed by atoms with E-state index in [9.17, 15) is 0 Å². The van der Waals surface area contributed by atoms with Gasteiger partial charge < -0.3 is 10.2 Å². The Morgan fingerprint density at radius 1 is 1.28 bits per heavy atom. The zero-order chi connectivity index (χ0) is 12.5. The van der Waals surface area contributed by atoms with Crippen molar-refractivity contribution in [3.8, 4) is 0 Å². The number of oxazole rings is 1. The van der Waals surface area contributed by atoms with E-state index >= 15 is 0 Å². The second-order valence-electron chi connectivity index (χ2n) is 5.45. The minimum absolute atomic E-state index is 0.0435. The summed E-state index contributed by atoms with van der Waals surface area (Å²) in [4.78, 5) is 4.54. The maximum atomic E-state index is 6.32. The number of fused-ring (bicyclic) bond motifs is 1. The highest BCUT2D eigenvalue weighted by Crippen LogP contribution is 2.33. The van der Waals surface area contributed by atoms with Gasteiger partial charge in [0.15, 0.2) is 5.58 Å². The molecular weight excluding hydrogens is 224 g/mol. The van der Waals surface area contributed by atoms with Gasteiger partial charge in [0.05, 0.1) is 6.04 Å². The Balaban J connectivity index is 1.88. The second-order valence-corrected chi connectivity index (χ2v) is 5.45. The standard InChI is InChI=1S/C15H20N2O/c1-10-7-8-12-13(9-10)18-15(17-12)14(16)11-5-3-2-4-6-11/h7-9,11,14H,2-6,16H2,1H3. The first kappa shape index (κ1) is 11.7. The summed E-state index contributed by atoms with van der Waals surface area (Å²) in [6.07, 6.45) is 6.34. The van der Waals surface area contributed by atoms with Crippen molar-refractivity contribution in [3.05, 3.63) is 29.7 Å². The predicted octanol–water partition coefficient (Wildman–Crippen LogP) is 3.72. The molecule has 3 nitrogen and oxygen atoms in total. The molecule has 1 heterocycles. The van der Waals surface area contributed by atoms with Crippen LogP contribution in [-0.4, -0.2) is 4.98 Å². The van der Waals surface area contributed by atoms with Crippen LogP contribution in [0, 0.1) is 12.8 Å². The molecule has 0 saturated heterocycles. The lowest BCUT2D eigenvalue weighted by molar-refractivity contribution is 0.278. The molecule has 1 fully saturated rings. The third-order valence-electron chi connectivity index (χ3n) is 4.00. The predicted molar refractivity (Wildman–Crippen MR) is 72.2 cm³/mol. The van der Waals surface area contributed by atoms with Gasteiger partial charge >= 0.3 is 0 Å². The summed E-state index contributed by atoms with van der Waals surface area (Å²) in [5.74, 6) is 1.25. The van der Waals surface area contributed by atoms with Crippen LogP contribution in [0.4, 0.5) is 0 Å². The van der Waals surface area contributed by atoms with Crippen LogP contribution < -0.4 is 5.73 Å². The highest BCUT2D eigenvalue weighted by molar-refractivity contribution is 5.73. The van der Waals surface area contributed by atoms with Gasteiger partial charge in [-0.25, -0.2) is 4.98 Å². The first-order chi connectivity index (χ1) is 8.74. The summed E-state index contributed by atoms with van der Waals surface area (Å²) in [6, 6.07) is 6.05. The SMILES string of the molecule is Cc1ccc2nc(C(N)C3CCCCC3)oc2c1. The molecule has 3 rings (SSSR count). The number of nitrogens with zero attached hydrogens (tertiary/aromatic N) is 1. The van der Waals surface area contributed by atoms with Crippen molar-refractivity contribution in [3.63, 3.8) is 0 Å². The van der Waals surface area contributed by atoms with Crippen LogP contribution in [0.1, 0.15) is 49.6 Å². The van der Waals surface area contributed by atoms with E-state index in [4.69, 9.17) is 10.2 Å². The van der Waals surface area contributed by atoms with Gasteiger partial charge in [0.25, 0.3) is 0 Å². The molecule has 0 spiro atoms. The van der Waals surface area contributed by atoms with Gasteiger partial charge in [-0.3, -0.25) is 0 Å². The number of hydrogen-bond acceptors (Lipinski definition) is 3. The topological polar surface area (TPSA) is 52.0 Å². The van der Waals surface area contributed by atoms with Crippen LogP contribution >= 0.6 is 0 Å². The lowest BCUT2D eigenvalue weighted by atomic mass is 9.84. The first-order valence-corrected chi connectivity index (χ1v) is 6.87. The van der Waals surface area contributed by atoms with Crippen molar-refractivity contribution in [2.75, 3.05) is 0 Å². The fourth-order valence-corrected chi connectivity index (χ4v) is 2.89. The van der Waals surface area contributed by atoms with Gasteiger partial charge in [0.2, 0.25) is 5.89 Å². The monoisotopic (exact) mass is 244 g/mol. The molecule has 1 aromatic carbocycles. The molecular formula is C15H20N2O. The van der Waals surface area contributed by atoms with Crippen molar-refractivity contribution in [2.24, 2.45) is 11.7 Å². The fraction of sp³-hybridized carbons (Fsp3) is 0.533. The molecule has 1 aliphatic carbocycles. The van der Waals surface area contributed by atoms with Gasteiger partial charge in [-0.1, -0.05) is 25.3 Å². The molecule has 1 unspecified atom stereocenters. The molecule has 1 atom stereocenters. The molecule has 1 aliphatic rings. The van der Waals surface area contributed by atoms with Crippen molar-refractivity contribution < 1.29 is 4.42 Å². The van der Waals surface area contributed by atoms with Crippen LogP contribution in [0.5, 0.6) is 0 Å². The van der Waals surface area contributed by atoms with E-state index in [0.717, 1.165) is 11.1 Å². The molecule has 0 bridgehead atoms. The highest BCUT2D eigenvalue weighted by Gasteiger charge is 2.25. The van der Waals surface area contributed by atoms with E-state index in [0.29, 0.717) is 11.8 Å². The Kier molecular flexibility index (Phi) is 3.08. The summed E-state index contributed by atoms with van der Waals surface area (Å²) in [6.45, 7) is 2.06. The molecule has 2 aromatic rings. The zero-order valence-corrected chi connectivity index (χ0v) is 10.9. The molecule has 0 radical (unpaired) electrons. The maximum absolute atomic E-state index is 6.32. The quantitative estimate of drug-likeness (QED) is 0.876. The number of rotatable bonds is 2. The summed E-state index contributed by atoms with van der Waals surface area (Å²) in [7, 11) is 0. The smallest absolute Gasteiger partial charge is 0.212 e. The molecule has 0 aliphatic heterocycles. The lowest BCUT2D eigenvalue weighted by Crippen LogP contribution is -2.23. The number of aryl methyl sites for hydroxylation is 1. The number of benzene rings is 1. The van der Waals surface area contributed by atoms with E-state index < -0.39 is 0 Å². The molecule has 1 aromatic heterocycles. The average molecular weight is 244 g/mol. The highest BCUT2D eigenvalue weighted by atomic mass is 16.3. The Morgan fingerprint density at radius 2 is 2.06 bits per heavy atom. The summed E-state index contributed by atoms with van der Waals surface area (Å²) < 4.78 is 5.83. The van der Waals surface area contributed by atoms with E-state index in [1.54, 1.807) is 0 Å². The third-order valence-corrected chi connectivity index (χ3v) is 4.00. The Bertz CT molecular complexity index is 540. The van der Waals surface area contributed by atoms with Crippen molar-refractivity contribution in [1.82, 2.24) is 4.98 Å². The fourth-order valence-electron chi connectivity index (χ4n) is 2.89. The van der Waals surface area contributed by atoms with E-state index in [2.05, 4.69) is 18.0 Å². The second kappa shape index (κ2) is 4.73. The van der Waals surface area contributed by atoms with Crippen LogP contribution in [0.15, 0.2) is 22.6 Å². The lowest BCUT2D eigenvalue weighted by Gasteiger charge is -2.25. The molecule has 3 heteroatoms. The number of aromatic nitrogens is 1. The number of nitrogens with two attached hydrogens (primary N) is 1. The Morgan fingerprint density at radius 3 is 2.83 bits per heavy atom. The van der Waals surface area contributed by atoms with Gasteiger partial charge in [-0.05, 0) is 43.4 Å². The first-order valence-electron chi connectivity index (χ1n) is 6.87. The minimum atomic E-state index is -0.0435. The summed E-state index contributed by atoms with van der Waals surface area (Å²) >= 11 is 0.